The molecule has 0 saturated carbocycles. The van der Waals surface area contributed by atoms with Crippen LogP contribution in [0.5, 0.6) is 0 Å². The van der Waals surface area contributed by atoms with Crippen LogP contribution in [0.25, 0.3) is 22.4 Å². The number of benzene rings is 4. The Labute approximate surface area is 347 Å². The monoisotopic (exact) mass is 806 g/mol. The van der Waals surface area contributed by atoms with Crippen LogP contribution in [0.4, 0.5) is 36.3 Å². The van der Waals surface area contributed by atoms with Crippen LogP contribution in [-0.4, -0.2) is 48.0 Å². The number of likely N-dealkylation sites (N-methyl/N-ethyl adjacent to an activating group) is 1. The van der Waals surface area contributed by atoms with Crippen molar-refractivity contribution in [1.29, 1.82) is 0 Å². The molecule has 0 radical (unpaired) electrons. The molecule has 4 aromatic carbocycles. The minimum atomic E-state index is -0.772. The number of anilines is 4. The molecule has 5 N–H and O–H groups in total. The van der Waals surface area contributed by atoms with Gasteiger partial charge in [-0.25, -0.2) is 18.2 Å². The lowest BCUT2D eigenvalue weighted by molar-refractivity contribution is 0.102. The maximum absolute atomic E-state index is 15.2. The van der Waals surface area contributed by atoms with Crippen molar-refractivity contribution in [2.75, 3.05) is 42.7 Å². The molecule has 2 heterocycles. The maximum Gasteiger partial charge on any atom is 0.255 e. The van der Waals surface area contributed by atoms with E-state index in [1.54, 1.807) is 30.3 Å². The molecule has 0 saturated heterocycles. The van der Waals surface area contributed by atoms with E-state index in [2.05, 4.69) is 22.5 Å². The fourth-order valence-electron chi connectivity index (χ4n) is 5.78. The number of fused-ring (bicyclic) bond motifs is 1. The number of nitrogens with two attached hydrogens (primary N) is 1. The lowest BCUT2D eigenvalue weighted by Crippen LogP contribution is -2.35. The molecular weight excluding hydrogens is 750 g/mol. The number of allylic oxidation sites excluding steroid dienone is 3. The zero-order valence-electron chi connectivity index (χ0n) is 35.6. The molecule has 0 bridgehead atoms. The van der Waals surface area contributed by atoms with Gasteiger partial charge in [-0.2, -0.15) is 4.98 Å². The Balaban J connectivity index is 0.000000758. The number of aromatic nitrogens is 2. The number of hydrogen-bond donors (Lipinski definition) is 4. The van der Waals surface area contributed by atoms with Crippen LogP contribution in [0.2, 0.25) is 0 Å². The molecule has 0 unspecified atom stereocenters. The standard InChI is InChI=1S/C37H34F3N7O.C6H11N.2C2H6/c1-22-11-12-26(36(48)43-28-8-5-7-25(19-28)24-13-15-27(38)16-14-24)20-29(22)33-30-21-42-23(2)47(34-31(39)9-6-10-32(34)40)35(30)45-37(44-33)41-17-18-46(3)4;1-3-5-6(7)4-2;2*1-2/h5-16,19-20,42H,2,17-18,21H2,1,3-4H3,(H,43,48)(H,41,44,45);3-5H,7H2,1-2H3;2*1-2H3/b;5-3-,6-4+;;. The third-order valence-corrected chi connectivity index (χ3v) is 8.68. The molecular formula is C47H57F3N8O. The van der Waals surface area contributed by atoms with E-state index in [4.69, 9.17) is 15.7 Å². The van der Waals surface area contributed by atoms with Gasteiger partial charge in [0.05, 0.1) is 5.69 Å². The van der Waals surface area contributed by atoms with Crippen LogP contribution in [0, 0.1) is 24.4 Å². The van der Waals surface area contributed by atoms with Crippen molar-refractivity contribution in [2.24, 2.45) is 5.73 Å². The summed E-state index contributed by atoms with van der Waals surface area (Å²) in [6, 6.07) is 22.4. The summed E-state index contributed by atoms with van der Waals surface area (Å²) < 4.78 is 43.8. The molecule has 6 rings (SSSR count). The summed E-state index contributed by atoms with van der Waals surface area (Å²) >= 11 is 0. The molecule has 0 spiro atoms. The van der Waals surface area contributed by atoms with E-state index < -0.39 is 11.6 Å². The highest BCUT2D eigenvalue weighted by atomic mass is 19.1. The fourth-order valence-corrected chi connectivity index (χ4v) is 5.78. The van der Waals surface area contributed by atoms with Crippen molar-refractivity contribution < 1.29 is 18.0 Å². The zero-order chi connectivity index (χ0) is 43.6. The van der Waals surface area contributed by atoms with Gasteiger partial charge in [0.2, 0.25) is 5.95 Å². The molecule has 5 aromatic rings. The van der Waals surface area contributed by atoms with Crippen molar-refractivity contribution in [2.45, 2.75) is 55.0 Å². The number of nitrogens with one attached hydrogen (secondary N) is 3. The quantitative estimate of drug-likeness (QED) is 0.103. The van der Waals surface area contributed by atoms with E-state index in [-0.39, 0.29) is 41.5 Å². The van der Waals surface area contributed by atoms with Crippen molar-refractivity contribution in [3.63, 3.8) is 0 Å². The van der Waals surface area contributed by atoms with E-state index in [1.807, 2.05) is 110 Å². The SMILES string of the molecule is C/C=C\C(N)=C/C.C=C1NCc2c(-c3cc(C(=O)Nc4cccc(-c5ccc(F)cc5)c4)ccc3C)nc(NCCN(C)C)nc2N1c1c(F)cccc1F.CC.CC. The maximum atomic E-state index is 15.2. The number of aryl methyl sites for hydroxylation is 1. The van der Waals surface area contributed by atoms with E-state index in [0.717, 1.165) is 22.4 Å². The van der Waals surface area contributed by atoms with Gasteiger partial charge < -0.3 is 26.6 Å². The second kappa shape index (κ2) is 23.1. The number of amides is 1. The van der Waals surface area contributed by atoms with Crippen molar-refractivity contribution in [3.05, 3.63) is 155 Å². The minimum absolute atomic E-state index is 0.236. The van der Waals surface area contributed by atoms with Crippen LogP contribution >= 0.6 is 0 Å². The Bertz CT molecular complexity index is 2220. The largest absolute Gasteiger partial charge is 0.399 e. The molecule has 0 atom stereocenters. The lowest BCUT2D eigenvalue weighted by Gasteiger charge is -2.34. The first-order valence-electron chi connectivity index (χ1n) is 19.7. The first kappa shape index (κ1) is 47.0. The average Bonchev–Trinajstić information content (AvgIpc) is 3.23. The van der Waals surface area contributed by atoms with Crippen LogP contribution in [0.3, 0.4) is 0 Å². The lowest BCUT2D eigenvalue weighted by atomic mass is 9.97. The van der Waals surface area contributed by atoms with E-state index >= 15 is 8.78 Å². The molecule has 1 amide bonds. The topological polar surface area (TPSA) is 111 Å². The van der Waals surface area contributed by atoms with Crippen LogP contribution in [-0.2, 0) is 6.54 Å². The number of rotatable bonds is 10. The van der Waals surface area contributed by atoms with Crippen molar-refractivity contribution in [1.82, 2.24) is 20.2 Å². The summed E-state index contributed by atoms with van der Waals surface area (Å²) in [5, 5.41) is 9.33. The van der Waals surface area contributed by atoms with Gasteiger partial charge in [0.15, 0.2) is 0 Å². The highest BCUT2D eigenvalue weighted by Crippen LogP contribution is 2.41. The minimum Gasteiger partial charge on any atom is -0.399 e. The Morgan fingerprint density at radius 3 is 2.19 bits per heavy atom. The highest BCUT2D eigenvalue weighted by molar-refractivity contribution is 6.05. The molecule has 0 fully saturated rings. The van der Waals surface area contributed by atoms with E-state index in [1.165, 1.54) is 35.2 Å². The molecule has 312 valence electrons. The number of carbonyl (C=O) groups is 1. The predicted molar refractivity (Wildman–Crippen MR) is 239 cm³/mol. The number of halogens is 3. The normalized spacial score (nSPS) is 11.9. The van der Waals surface area contributed by atoms with Crippen molar-refractivity contribution >= 4 is 29.0 Å². The van der Waals surface area contributed by atoms with Gasteiger partial charge in [-0.05, 0) is 106 Å². The average molecular weight is 807 g/mol. The van der Waals surface area contributed by atoms with Crippen LogP contribution in [0.1, 0.15) is 63.0 Å². The summed E-state index contributed by atoms with van der Waals surface area (Å²) in [6.45, 7) is 19.2. The van der Waals surface area contributed by atoms with Gasteiger partial charge in [-0.15, -0.1) is 0 Å². The predicted octanol–water partition coefficient (Wildman–Crippen LogP) is 11.0. The van der Waals surface area contributed by atoms with Gasteiger partial charge in [0.25, 0.3) is 5.91 Å². The zero-order valence-corrected chi connectivity index (χ0v) is 35.6. The molecule has 9 nitrogen and oxygen atoms in total. The Morgan fingerprint density at radius 1 is 0.915 bits per heavy atom. The molecule has 1 aliphatic rings. The van der Waals surface area contributed by atoms with Gasteiger partial charge in [0, 0.05) is 47.7 Å². The van der Waals surface area contributed by atoms with Crippen molar-refractivity contribution in [3.8, 4) is 22.4 Å². The second-order valence-electron chi connectivity index (χ2n) is 13.0. The summed E-state index contributed by atoms with van der Waals surface area (Å²) in [5.74, 6) is -1.43. The molecule has 1 aliphatic heterocycles. The Morgan fingerprint density at radius 2 is 1.58 bits per heavy atom. The molecule has 12 heteroatoms. The third-order valence-electron chi connectivity index (χ3n) is 8.68. The van der Waals surface area contributed by atoms with Gasteiger partial charge in [-0.3, -0.25) is 9.69 Å². The van der Waals surface area contributed by atoms with Gasteiger partial charge >= 0.3 is 0 Å². The smallest absolute Gasteiger partial charge is 0.255 e. The number of para-hydroxylation sites is 1. The van der Waals surface area contributed by atoms with E-state index in [9.17, 15) is 9.18 Å². The van der Waals surface area contributed by atoms with E-state index in [0.29, 0.717) is 41.2 Å². The summed E-state index contributed by atoms with van der Waals surface area (Å²) in [7, 11) is 3.89. The fraction of sp³-hybridized carbons (Fsp3) is 0.255. The summed E-state index contributed by atoms with van der Waals surface area (Å²) in [5.41, 5.74) is 11.0. The summed E-state index contributed by atoms with van der Waals surface area (Å²) in [6.07, 6.45) is 5.63. The third kappa shape index (κ3) is 12.5. The molecule has 1 aromatic heterocycles. The van der Waals surface area contributed by atoms with Crippen LogP contribution < -0.4 is 26.6 Å². The molecule has 59 heavy (non-hydrogen) atoms. The van der Waals surface area contributed by atoms with Gasteiger partial charge in [0.1, 0.15) is 34.8 Å². The number of nitrogens with zero attached hydrogens (tertiary/aromatic N) is 4. The first-order chi connectivity index (χ1) is 28.4. The second-order valence-corrected chi connectivity index (χ2v) is 13.0. The number of carbonyl (C=O) groups excluding carboxylic acids is 1. The van der Waals surface area contributed by atoms with Gasteiger partial charge in [-0.1, -0.05) is 82.8 Å². The summed E-state index contributed by atoms with van der Waals surface area (Å²) in [4.78, 5) is 26.5. The van der Waals surface area contributed by atoms with Crippen LogP contribution in [0.15, 0.2) is 121 Å². The molecule has 0 aliphatic carbocycles. The number of hydrogen-bond acceptors (Lipinski definition) is 8. The Kier molecular flexibility index (Phi) is 18.4. The first-order valence-corrected chi connectivity index (χ1v) is 19.7. The Hall–Kier alpha value is -6.40. The highest BCUT2D eigenvalue weighted by Gasteiger charge is 2.31.